The predicted octanol–water partition coefficient (Wildman–Crippen LogP) is 3.18. The average molecular weight is 315 g/mol. The first-order valence-electron chi connectivity index (χ1n) is 8.01. The molecule has 1 fully saturated rings. The number of hydrogen-bond donors (Lipinski definition) is 0. The van der Waals surface area contributed by atoms with Crippen LogP contribution in [0.15, 0.2) is 24.3 Å². The van der Waals surface area contributed by atoms with Crippen LogP contribution < -0.4 is 9.47 Å². The van der Waals surface area contributed by atoms with E-state index in [1.807, 2.05) is 24.3 Å². The molecule has 1 aromatic carbocycles. The van der Waals surface area contributed by atoms with Crippen molar-refractivity contribution in [1.82, 2.24) is 14.8 Å². The first kappa shape index (κ1) is 15.5. The molecule has 0 aliphatic heterocycles. The minimum atomic E-state index is -0.00587. The van der Waals surface area contributed by atoms with Gasteiger partial charge in [0.1, 0.15) is 5.75 Å². The Morgan fingerprint density at radius 2 is 2.04 bits per heavy atom. The van der Waals surface area contributed by atoms with Crippen LogP contribution >= 0.6 is 0 Å². The third-order valence-electron chi connectivity index (χ3n) is 3.80. The Balaban J connectivity index is 1.89. The SMILES string of the molecule is CCCCOc1nc(-c2ccc(OC)cc2)n(C(=O)C2CC2)n1. The van der Waals surface area contributed by atoms with Gasteiger partial charge in [0.2, 0.25) is 0 Å². The van der Waals surface area contributed by atoms with Gasteiger partial charge in [-0.1, -0.05) is 13.3 Å². The molecule has 6 heteroatoms. The summed E-state index contributed by atoms with van der Waals surface area (Å²) < 4.78 is 12.1. The monoisotopic (exact) mass is 315 g/mol. The summed E-state index contributed by atoms with van der Waals surface area (Å²) in [6.07, 6.45) is 3.82. The smallest absolute Gasteiger partial charge is 0.336 e. The first-order chi connectivity index (χ1) is 11.2. The Morgan fingerprint density at radius 1 is 1.30 bits per heavy atom. The second-order valence-electron chi connectivity index (χ2n) is 5.67. The largest absolute Gasteiger partial charge is 0.497 e. The van der Waals surface area contributed by atoms with E-state index in [2.05, 4.69) is 17.0 Å². The molecule has 0 atom stereocenters. The molecule has 6 nitrogen and oxygen atoms in total. The third kappa shape index (κ3) is 3.52. The van der Waals surface area contributed by atoms with Crippen molar-refractivity contribution in [2.75, 3.05) is 13.7 Å². The lowest BCUT2D eigenvalue weighted by molar-refractivity contribution is 0.0869. The molecular weight excluding hydrogens is 294 g/mol. The molecule has 0 bridgehead atoms. The zero-order chi connectivity index (χ0) is 16.2. The number of carbonyl (C=O) groups is 1. The van der Waals surface area contributed by atoms with Gasteiger partial charge in [0.25, 0.3) is 5.91 Å². The van der Waals surface area contributed by atoms with Crippen molar-refractivity contribution in [2.45, 2.75) is 32.6 Å². The second-order valence-corrected chi connectivity index (χ2v) is 5.67. The minimum Gasteiger partial charge on any atom is -0.497 e. The van der Waals surface area contributed by atoms with E-state index >= 15 is 0 Å². The Kier molecular flexibility index (Phi) is 4.60. The Morgan fingerprint density at radius 3 is 2.65 bits per heavy atom. The highest BCUT2D eigenvalue weighted by atomic mass is 16.5. The van der Waals surface area contributed by atoms with Crippen molar-refractivity contribution in [1.29, 1.82) is 0 Å². The number of unbranched alkanes of at least 4 members (excludes halogenated alkanes) is 1. The number of methoxy groups -OCH3 is 1. The zero-order valence-electron chi connectivity index (χ0n) is 13.5. The molecule has 3 rings (SSSR count). The van der Waals surface area contributed by atoms with Crippen LogP contribution in [0.25, 0.3) is 11.4 Å². The van der Waals surface area contributed by atoms with Gasteiger partial charge in [0.05, 0.1) is 13.7 Å². The highest BCUT2D eigenvalue weighted by Crippen LogP contribution is 2.32. The highest BCUT2D eigenvalue weighted by molar-refractivity contribution is 5.86. The number of hydrogen-bond acceptors (Lipinski definition) is 5. The molecule has 0 unspecified atom stereocenters. The zero-order valence-corrected chi connectivity index (χ0v) is 13.5. The van der Waals surface area contributed by atoms with Crippen molar-refractivity contribution < 1.29 is 14.3 Å². The molecule has 0 N–H and O–H groups in total. The van der Waals surface area contributed by atoms with Gasteiger partial charge in [-0.2, -0.15) is 9.67 Å². The number of rotatable bonds is 7. The maximum Gasteiger partial charge on any atom is 0.336 e. The van der Waals surface area contributed by atoms with Gasteiger partial charge in [0, 0.05) is 11.5 Å². The maximum atomic E-state index is 12.4. The highest BCUT2D eigenvalue weighted by Gasteiger charge is 2.33. The standard InChI is InChI=1S/C17H21N3O3/c1-3-4-11-23-17-18-15(12-7-9-14(22-2)10-8-12)20(19-17)16(21)13-5-6-13/h7-10,13H,3-6,11H2,1-2H3. The normalized spacial score (nSPS) is 13.8. The molecule has 23 heavy (non-hydrogen) atoms. The molecule has 2 aromatic rings. The summed E-state index contributed by atoms with van der Waals surface area (Å²) in [7, 11) is 1.62. The molecule has 1 saturated carbocycles. The van der Waals surface area contributed by atoms with Crippen LogP contribution in [0.3, 0.4) is 0 Å². The van der Waals surface area contributed by atoms with Crippen molar-refractivity contribution in [3.63, 3.8) is 0 Å². The number of aromatic nitrogens is 3. The van der Waals surface area contributed by atoms with Crippen LogP contribution in [0, 0.1) is 5.92 Å². The van der Waals surface area contributed by atoms with Gasteiger partial charge in [-0.3, -0.25) is 4.79 Å². The summed E-state index contributed by atoms with van der Waals surface area (Å²) in [5.74, 6) is 1.34. The fourth-order valence-corrected chi connectivity index (χ4v) is 2.25. The Labute approximate surface area is 135 Å². The van der Waals surface area contributed by atoms with Crippen molar-refractivity contribution in [3.05, 3.63) is 24.3 Å². The first-order valence-corrected chi connectivity index (χ1v) is 8.01. The van der Waals surface area contributed by atoms with Gasteiger partial charge in [-0.15, -0.1) is 5.10 Å². The second kappa shape index (κ2) is 6.81. The van der Waals surface area contributed by atoms with Crippen molar-refractivity contribution in [2.24, 2.45) is 5.92 Å². The van der Waals surface area contributed by atoms with Crippen LogP contribution in [0.4, 0.5) is 0 Å². The quantitative estimate of drug-likeness (QED) is 0.734. The lowest BCUT2D eigenvalue weighted by Gasteiger charge is -2.04. The number of nitrogens with zero attached hydrogens (tertiary/aromatic N) is 3. The van der Waals surface area contributed by atoms with E-state index in [0.29, 0.717) is 12.4 Å². The third-order valence-corrected chi connectivity index (χ3v) is 3.80. The molecule has 0 amide bonds. The molecule has 0 radical (unpaired) electrons. The number of carbonyl (C=O) groups excluding carboxylic acids is 1. The molecule has 0 saturated heterocycles. The van der Waals surface area contributed by atoms with E-state index in [1.165, 1.54) is 4.68 Å². The van der Waals surface area contributed by atoms with Crippen LogP contribution in [-0.4, -0.2) is 34.4 Å². The summed E-state index contributed by atoms with van der Waals surface area (Å²) in [6, 6.07) is 7.68. The maximum absolute atomic E-state index is 12.4. The van der Waals surface area contributed by atoms with E-state index < -0.39 is 0 Å². The summed E-state index contributed by atoms with van der Waals surface area (Å²) in [4.78, 5) is 16.9. The topological polar surface area (TPSA) is 66.2 Å². The van der Waals surface area contributed by atoms with Crippen LogP contribution in [0.2, 0.25) is 0 Å². The van der Waals surface area contributed by atoms with Crippen LogP contribution in [0.1, 0.15) is 37.4 Å². The summed E-state index contributed by atoms with van der Waals surface area (Å²) in [6.45, 7) is 2.65. The molecular formula is C17H21N3O3. The van der Waals surface area contributed by atoms with Gasteiger partial charge in [-0.05, 0) is 43.5 Å². The van der Waals surface area contributed by atoms with E-state index in [9.17, 15) is 4.79 Å². The van der Waals surface area contributed by atoms with Gasteiger partial charge >= 0.3 is 6.01 Å². The summed E-state index contributed by atoms with van der Waals surface area (Å²) in [5.41, 5.74) is 0.817. The Hall–Kier alpha value is -2.37. The molecule has 1 aromatic heterocycles. The summed E-state index contributed by atoms with van der Waals surface area (Å²) >= 11 is 0. The molecule has 122 valence electrons. The average Bonchev–Trinajstić information content (AvgIpc) is 3.35. The summed E-state index contributed by atoms with van der Waals surface area (Å²) in [5, 5.41) is 4.26. The number of ether oxygens (including phenoxy) is 2. The minimum absolute atomic E-state index is 0.00587. The fraction of sp³-hybridized carbons (Fsp3) is 0.471. The number of benzene rings is 1. The van der Waals surface area contributed by atoms with E-state index in [0.717, 1.165) is 37.0 Å². The molecule has 1 aliphatic carbocycles. The van der Waals surface area contributed by atoms with Gasteiger partial charge < -0.3 is 9.47 Å². The van der Waals surface area contributed by atoms with E-state index in [1.54, 1.807) is 7.11 Å². The lowest BCUT2D eigenvalue weighted by atomic mass is 10.2. The van der Waals surface area contributed by atoms with Crippen molar-refractivity contribution >= 4 is 5.91 Å². The lowest BCUT2D eigenvalue weighted by Crippen LogP contribution is -2.15. The van der Waals surface area contributed by atoms with Gasteiger partial charge in [0.15, 0.2) is 5.82 Å². The van der Waals surface area contributed by atoms with E-state index in [4.69, 9.17) is 9.47 Å². The fourth-order valence-electron chi connectivity index (χ4n) is 2.25. The molecule has 1 aliphatic rings. The van der Waals surface area contributed by atoms with E-state index in [-0.39, 0.29) is 17.8 Å². The van der Waals surface area contributed by atoms with Crippen molar-refractivity contribution in [3.8, 4) is 23.1 Å². The molecule has 1 heterocycles. The van der Waals surface area contributed by atoms with Crippen LogP contribution in [0.5, 0.6) is 11.8 Å². The predicted molar refractivity (Wildman–Crippen MR) is 85.8 cm³/mol. The van der Waals surface area contributed by atoms with Crippen LogP contribution in [-0.2, 0) is 0 Å². The molecule has 0 spiro atoms. The Bertz CT molecular complexity index is 675. The van der Waals surface area contributed by atoms with Gasteiger partial charge in [-0.25, -0.2) is 0 Å².